The monoisotopic (exact) mass is 429 g/mol. The first-order valence-corrected chi connectivity index (χ1v) is 10.5. The zero-order valence-electron chi connectivity index (χ0n) is 18.3. The maximum atomic E-state index is 12.1. The van der Waals surface area contributed by atoms with Crippen LogP contribution in [0.15, 0.2) is 77.9 Å². The number of nitrogens with one attached hydrogen (secondary N) is 2. The average molecular weight is 430 g/mol. The summed E-state index contributed by atoms with van der Waals surface area (Å²) in [5.41, 5.74) is 7.27. The molecule has 0 aliphatic carbocycles. The van der Waals surface area contributed by atoms with Gasteiger partial charge in [-0.2, -0.15) is 5.10 Å². The minimum absolute atomic E-state index is 0.0559. The van der Waals surface area contributed by atoms with Crippen molar-refractivity contribution in [3.8, 4) is 5.75 Å². The molecule has 0 saturated heterocycles. The highest BCUT2D eigenvalue weighted by Gasteiger charge is 2.08. The lowest BCUT2D eigenvalue weighted by Gasteiger charge is -2.10. The van der Waals surface area contributed by atoms with Gasteiger partial charge in [0.15, 0.2) is 0 Å². The highest BCUT2D eigenvalue weighted by molar-refractivity contribution is 5.94. The van der Waals surface area contributed by atoms with Crippen LogP contribution in [0.2, 0.25) is 0 Å². The Labute approximate surface area is 188 Å². The smallest absolute Gasteiger partial charge is 0.240 e. The fourth-order valence-electron chi connectivity index (χ4n) is 2.95. The number of nitrogens with zero attached hydrogens (tertiary/aromatic N) is 1. The zero-order valence-corrected chi connectivity index (χ0v) is 18.3. The van der Waals surface area contributed by atoms with Gasteiger partial charge in [0.05, 0.1) is 6.21 Å². The summed E-state index contributed by atoms with van der Waals surface area (Å²) < 4.78 is 5.75. The molecule has 3 aromatic carbocycles. The Hall–Kier alpha value is -3.93. The number of hydrazone groups is 1. The number of carbonyl (C=O) groups is 2. The number of ether oxygens (including phenoxy) is 1. The molecular weight excluding hydrogens is 402 g/mol. The van der Waals surface area contributed by atoms with Crippen LogP contribution in [0.3, 0.4) is 0 Å². The van der Waals surface area contributed by atoms with Crippen LogP contribution in [0.5, 0.6) is 5.75 Å². The summed E-state index contributed by atoms with van der Waals surface area (Å²) in [4.78, 5) is 24.1. The summed E-state index contributed by atoms with van der Waals surface area (Å²) in [6.45, 7) is 4.44. The van der Waals surface area contributed by atoms with Crippen molar-refractivity contribution in [2.45, 2.75) is 33.3 Å². The first-order chi connectivity index (χ1) is 15.5. The lowest BCUT2D eigenvalue weighted by atomic mass is 10.1. The average Bonchev–Trinajstić information content (AvgIpc) is 2.81. The molecule has 3 rings (SSSR count). The Bertz CT molecular complexity index is 1080. The van der Waals surface area contributed by atoms with Crippen LogP contribution in [-0.4, -0.2) is 18.0 Å². The maximum Gasteiger partial charge on any atom is 0.240 e. The minimum atomic E-state index is -0.319. The Morgan fingerprint density at radius 2 is 1.59 bits per heavy atom. The Kier molecular flexibility index (Phi) is 8.15. The first kappa shape index (κ1) is 22.7. The SMILES string of the molecule is Cc1cccc(NC(=O)CCC(=O)NN=Cc2ccc(OCc3ccccc3)cc2)c1C. The molecule has 6 nitrogen and oxygen atoms in total. The van der Waals surface area contributed by atoms with Crippen molar-refractivity contribution in [1.29, 1.82) is 0 Å². The number of benzene rings is 3. The van der Waals surface area contributed by atoms with Crippen LogP contribution >= 0.6 is 0 Å². The van der Waals surface area contributed by atoms with Gasteiger partial charge < -0.3 is 10.1 Å². The van der Waals surface area contributed by atoms with Crippen molar-refractivity contribution in [2.24, 2.45) is 5.10 Å². The summed E-state index contributed by atoms with van der Waals surface area (Å²) in [5, 5.41) is 6.80. The van der Waals surface area contributed by atoms with Crippen molar-refractivity contribution in [3.63, 3.8) is 0 Å². The largest absolute Gasteiger partial charge is 0.489 e. The standard InChI is InChI=1S/C26H27N3O3/c1-19-7-6-10-24(20(19)2)28-25(30)15-16-26(31)29-27-17-21-11-13-23(14-12-21)32-18-22-8-4-3-5-9-22/h3-14,17H,15-16,18H2,1-2H3,(H,28,30)(H,29,31). The van der Waals surface area contributed by atoms with Crippen LogP contribution in [0, 0.1) is 13.8 Å². The highest BCUT2D eigenvalue weighted by Crippen LogP contribution is 2.18. The van der Waals surface area contributed by atoms with Crippen LogP contribution in [0.25, 0.3) is 0 Å². The van der Waals surface area contributed by atoms with E-state index in [1.165, 1.54) is 0 Å². The molecule has 0 aliphatic rings. The van der Waals surface area contributed by atoms with E-state index >= 15 is 0 Å². The molecule has 0 aromatic heterocycles. The number of hydrogen-bond donors (Lipinski definition) is 2. The molecule has 0 bridgehead atoms. The van der Waals surface area contributed by atoms with Gasteiger partial charge in [-0.05, 0) is 66.4 Å². The number of amides is 2. The zero-order chi connectivity index (χ0) is 22.8. The summed E-state index contributed by atoms with van der Waals surface area (Å²) >= 11 is 0. The van der Waals surface area contributed by atoms with Gasteiger partial charge in [-0.1, -0.05) is 42.5 Å². The van der Waals surface area contributed by atoms with Gasteiger partial charge in [0.2, 0.25) is 11.8 Å². The molecular formula is C26H27N3O3. The van der Waals surface area contributed by atoms with E-state index in [0.717, 1.165) is 33.7 Å². The van der Waals surface area contributed by atoms with Crippen LogP contribution in [0.1, 0.15) is 35.1 Å². The topological polar surface area (TPSA) is 79.8 Å². The van der Waals surface area contributed by atoms with Crippen LogP contribution in [-0.2, 0) is 16.2 Å². The number of rotatable bonds is 9. The fraction of sp³-hybridized carbons (Fsp3) is 0.192. The molecule has 2 amide bonds. The van der Waals surface area contributed by atoms with E-state index in [1.807, 2.05) is 86.6 Å². The second-order valence-electron chi connectivity index (χ2n) is 7.43. The highest BCUT2D eigenvalue weighted by atomic mass is 16.5. The summed E-state index contributed by atoms with van der Waals surface area (Å²) in [7, 11) is 0. The third-order valence-corrected chi connectivity index (χ3v) is 4.99. The molecule has 164 valence electrons. The van der Waals surface area contributed by atoms with Crippen molar-refractivity contribution in [2.75, 3.05) is 5.32 Å². The molecule has 0 heterocycles. The van der Waals surface area contributed by atoms with Crippen molar-refractivity contribution in [1.82, 2.24) is 5.43 Å². The Morgan fingerprint density at radius 1 is 0.875 bits per heavy atom. The number of hydrogen-bond acceptors (Lipinski definition) is 4. The molecule has 3 aromatic rings. The predicted octanol–water partition coefficient (Wildman–Crippen LogP) is 4.75. The quantitative estimate of drug-likeness (QED) is 0.380. The Morgan fingerprint density at radius 3 is 2.34 bits per heavy atom. The van der Waals surface area contributed by atoms with E-state index < -0.39 is 0 Å². The van der Waals surface area contributed by atoms with E-state index in [1.54, 1.807) is 6.21 Å². The molecule has 32 heavy (non-hydrogen) atoms. The summed E-state index contributed by atoms with van der Waals surface area (Å²) in [6.07, 6.45) is 1.69. The maximum absolute atomic E-state index is 12.1. The van der Waals surface area contributed by atoms with Crippen molar-refractivity contribution in [3.05, 3.63) is 95.1 Å². The summed E-state index contributed by atoms with van der Waals surface area (Å²) in [6, 6.07) is 23.1. The summed E-state index contributed by atoms with van der Waals surface area (Å²) in [5.74, 6) is 0.231. The fourth-order valence-corrected chi connectivity index (χ4v) is 2.95. The first-order valence-electron chi connectivity index (χ1n) is 10.5. The van der Waals surface area contributed by atoms with Gasteiger partial charge in [0, 0.05) is 18.5 Å². The lowest BCUT2D eigenvalue weighted by molar-refractivity contribution is -0.124. The lowest BCUT2D eigenvalue weighted by Crippen LogP contribution is -2.21. The molecule has 0 fully saturated rings. The molecule has 0 atom stereocenters. The van der Waals surface area contributed by atoms with Gasteiger partial charge in [-0.25, -0.2) is 5.43 Å². The molecule has 6 heteroatoms. The third kappa shape index (κ3) is 7.09. The van der Waals surface area contributed by atoms with E-state index in [0.29, 0.717) is 6.61 Å². The van der Waals surface area contributed by atoms with Gasteiger partial charge in [-0.3, -0.25) is 9.59 Å². The predicted molar refractivity (Wildman–Crippen MR) is 127 cm³/mol. The normalized spacial score (nSPS) is 10.7. The van der Waals surface area contributed by atoms with Crippen LogP contribution < -0.4 is 15.5 Å². The second-order valence-corrected chi connectivity index (χ2v) is 7.43. The molecule has 0 unspecified atom stereocenters. The minimum Gasteiger partial charge on any atom is -0.489 e. The van der Waals surface area contributed by atoms with E-state index in [9.17, 15) is 9.59 Å². The Balaban J connectivity index is 1.39. The van der Waals surface area contributed by atoms with Crippen molar-refractivity contribution < 1.29 is 14.3 Å². The molecule has 0 spiro atoms. The van der Waals surface area contributed by atoms with Gasteiger partial charge in [0.25, 0.3) is 0 Å². The molecule has 2 N–H and O–H groups in total. The van der Waals surface area contributed by atoms with Gasteiger partial charge >= 0.3 is 0 Å². The number of anilines is 1. The number of carbonyl (C=O) groups excluding carboxylic acids is 2. The van der Waals surface area contributed by atoms with E-state index in [2.05, 4.69) is 15.8 Å². The van der Waals surface area contributed by atoms with E-state index in [4.69, 9.17) is 4.74 Å². The van der Waals surface area contributed by atoms with Crippen LogP contribution in [0.4, 0.5) is 5.69 Å². The number of aryl methyl sites for hydroxylation is 1. The van der Waals surface area contributed by atoms with Crippen molar-refractivity contribution >= 4 is 23.7 Å². The van der Waals surface area contributed by atoms with Gasteiger partial charge in [-0.15, -0.1) is 0 Å². The van der Waals surface area contributed by atoms with Gasteiger partial charge in [0.1, 0.15) is 12.4 Å². The molecule has 0 aliphatic heterocycles. The molecule has 0 saturated carbocycles. The third-order valence-electron chi connectivity index (χ3n) is 4.99. The molecule has 0 radical (unpaired) electrons. The second kappa shape index (κ2) is 11.5. The van der Waals surface area contributed by atoms with E-state index in [-0.39, 0.29) is 24.7 Å².